The van der Waals surface area contributed by atoms with Gasteiger partial charge in [0, 0.05) is 37.5 Å². The molecule has 2 saturated heterocycles. The highest BCUT2D eigenvalue weighted by Gasteiger charge is 2.27. The molecular weight excluding hydrogens is 168 g/mol. The molecule has 0 radical (unpaired) electrons. The van der Waals surface area contributed by atoms with Crippen LogP contribution in [0.4, 0.5) is 0 Å². The zero-order valence-electron chi connectivity index (χ0n) is 7.75. The minimum atomic E-state index is 0.752. The highest BCUT2D eigenvalue weighted by atomic mass is 32.2. The van der Waals surface area contributed by atoms with Gasteiger partial charge in [0.25, 0.3) is 0 Å². The Balaban J connectivity index is 1.91. The second-order valence-electron chi connectivity index (χ2n) is 3.81. The van der Waals surface area contributed by atoms with E-state index in [-0.39, 0.29) is 0 Å². The lowest BCUT2D eigenvalue weighted by Crippen LogP contribution is -2.53. The van der Waals surface area contributed by atoms with Gasteiger partial charge in [0.05, 0.1) is 0 Å². The Hall–Kier alpha value is 0.270. The van der Waals surface area contributed by atoms with Crippen molar-refractivity contribution in [3.05, 3.63) is 0 Å². The smallest absolute Gasteiger partial charge is 0.0198 e. The molecule has 0 aromatic carbocycles. The Kier molecular flexibility index (Phi) is 2.94. The molecule has 0 spiro atoms. The number of rotatable bonds is 1. The normalized spacial score (nSPS) is 38.8. The van der Waals surface area contributed by atoms with Gasteiger partial charge in [0.2, 0.25) is 0 Å². The SMILES string of the molecule is CC1CNCCN1C1CCSC1. The molecule has 2 nitrogen and oxygen atoms in total. The van der Waals surface area contributed by atoms with Gasteiger partial charge in [0.15, 0.2) is 0 Å². The van der Waals surface area contributed by atoms with Crippen LogP contribution in [0.3, 0.4) is 0 Å². The Labute approximate surface area is 79.1 Å². The minimum Gasteiger partial charge on any atom is -0.314 e. The van der Waals surface area contributed by atoms with Gasteiger partial charge >= 0.3 is 0 Å². The minimum absolute atomic E-state index is 0.752. The van der Waals surface area contributed by atoms with Crippen LogP contribution in [-0.4, -0.2) is 48.1 Å². The van der Waals surface area contributed by atoms with Gasteiger partial charge < -0.3 is 5.32 Å². The molecule has 2 heterocycles. The van der Waals surface area contributed by atoms with Crippen LogP contribution in [-0.2, 0) is 0 Å². The molecular formula is C9H18N2S. The maximum absolute atomic E-state index is 3.44. The molecule has 2 aliphatic rings. The average molecular weight is 186 g/mol. The van der Waals surface area contributed by atoms with Crippen LogP contribution in [0.1, 0.15) is 13.3 Å². The Bertz CT molecular complexity index is 145. The van der Waals surface area contributed by atoms with Crippen molar-refractivity contribution in [3.8, 4) is 0 Å². The molecule has 0 aromatic heterocycles. The summed E-state index contributed by atoms with van der Waals surface area (Å²) in [5.74, 6) is 2.74. The first-order valence-corrected chi connectivity index (χ1v) is 6.07. The van der Waals surface area contributed by atoms with Crippen molar-refractivity contribution in [2.24, 2.45) is 0 Å². The third kappa shape index (κ3) is 1.78. The molecule has 3 heteroatoms. The van der Waals surface area contributed by atoms with E-state index in [1.807, 2.05) is 0 Å². The van der Waals surface area contributed by atoms with Crippen molar-refractivity contribution in [3.63, 3.8) is 0 Å². The molecule has 1 N–H and O–H groups in total. The van der Waals surface area contributed by atoms with E-state index < -0.39 is 0 Å². The molecule has 2 atom stereocenters. The first-order valence-electron chi connectivity index (χ1n) is 4.92. The Morgan fingerprint density at radius 1 is 1.50 bits per heavy atom. The van der Waals surface area contributed by atoms with E-state index in [1.54, 1.807) is 0 Å². The van der Waals surface area contributed by atoms with E-state index in [4.69, 9.17) is 0 Å². The number of hydrogen-bond donors (Lipinski definition) is 1. The fraction of sp³-hybridized carbons (Fsp3) is 1.00. The molecule has 2 aliphatic heterocycles. The lowest BCUT2D eigenvalue weighted by Gasteiger charge is -2.38. The van der Waals surface area contributed by atoms with Gasteiger partial charge in [-0.1, -0.05) is 0 Å². The molecule has 2 fully saturated rings. The van der Waals surface area contributed by atoms with Crippen LogP contribution in [0.2, 0.25) is 0 Å². The van der Waals surface area contributed by atoms with Gasteiger partial charge in [0.1, 0.15) is 0 Å². The number of hydrogen-bond acceptors (Lipinski definition) is 3. The molecule has 0 amide bonds. The molecule has 0 saturated carbocycles. The van der Waals surface area contributed by atoms with Crippen molar-refractivity contribution in [2.45, 2.75) is 25.4 Å². The van der Waals surface area contributed by atoms with Crippen LogP contribution in [0.15, 0.2) is 0 Å². The van der Waals surface area contributed by atoms with Crippen molar-refractivity contribution in [2.75, 3.05) is 31.1 Å². The highest BCUT2D eigenvalue weighted by Crippen LogP contribution is 2.24. The van der Waals surface area contributed by atoms with E-state index in [0.29, 0.717) is 0 Å². The van der Waals surface area contributed by atoms with E-state index in [9.17, 15) is 0 Å². The quantitative estimate of drug-likeness (QED) is 0.652. The van der Waals surface area contributed by atoms with Crippen LogP contribution in [0, 0.1) is 0 Å². The van der Waals surface area contributed by atoms with Crippen molar-refractivity contribution >= 4 is 11.8 Å². The van der Waals surface area contributed by atoms with Gasteiger partial charge in [-0.2, -0.15) is 11.8 Å². The summed E-state index contributed by atoms with van der Waals surface area (Å²) in [5, 5.41) is 3.44. The topological polar surface area (TPSA) is 15.3 Å². The number of nitrogens with one attached hydrogen (secondary N) is 1. The second-order valence-corrected chi connectivity index (χ2v) is 4.96. The average Bonchev–Trinajstić information content (AvgIpc) is 2.57. The molecule has 0 aliphatic carbocycles. The second kappa shape index (κ2) is 3.99. The van der Waals surface area contributed by atoms with Gasteiger partial charge in [-0.05, 0) is 19.1 Å². The van der Waals surface area contributed by atoms with Gasteiger partial charge in [-0.15, -0.1) is 0 Å². The van der Waals surface area contributed by atoms with E-state index in [1.165, 1.54) is 37.6 Å². The number of nitrogens with zero attached hydrogens (tertiary/aromatic N) is 1. The third-order valence-corrected chi connectivity index (χ3v) is 4.07. The molecule has 0 aromatic rings. The van der Waals surface area contributed by atoms with E-state index in [0.717, 1.165) is 12.1 Å². The summed E-state index contributed by atoms with van der Waals surface area (Å²) >= 11 is 2.12. The molecule has 2 rings (SSSR count). The zero-order valence-corrected chi connectivity index (χ0v) is 8.57. The van der Waals surface area contributed by atoms with Gasteiger partial charge in [-0.25, -0.2) is 0 Å². The van der Waals surface area contributed by atoms with E-state index >= 15 is 0 Å². The molecule has 12 heavy (non-hydrogen) atoms. The van der Waals surface area contributed by atoms with Crippen molar-refractivity contribution < 1.29 is 0 Å². The summed E-state index contributed by atoms with van der Waals surface area (Å²) in [6, 6.07) is 1.63. The molecule has 0 bridgehead atoms. The fourth-order valence-electron chi connectivity index (χ4n) is 2.18. The summed E-state index contributed by atoms with van der Waals surface area (Å²) in [5.41, 5.74) is 0. The van der Waals surface area contributed by atoms with Crippen molar-refractivity contribution in [1.29, 1.82) is 0 Å². The molecule has 70 valence electrons. The van der Waals surface area contributed by atoms with Crippen LogP contribution in [0.25, 0.3) is 0 Å². The first-order chi connectivity index (χ1) is 5.88. The molecule has 2 unspecified atom stereocenters. The van der Waals surface area contributed by atoms with Crippen LogP contribution >= 0.6 is 11.8 Å². The Morgan fingerprint density at radius 3 is 3.08 bits per heavy atom. The van der Waals surface area contributed by atoms with E-state index in [2.05, 4.69) is 28.9 Å². The lowest BCUT2D eigenvalue weighted by molar-refractivity contribution is 0.129. The summed E-state index contributed by atoms with van der Waals surface area (Å²) in [7, 11) is 0. The van der Waals surface area contributed by atoms with Crippen LogP contribution < -0.4 is 5.32 Å². The summed E-state index contributed by atoms with van der Waals surface area (Å²) in [4.78, 5) is 2.69. The maximum Gasteiger partial charge on any atom is 0.0198 e. The Morgan fingerprint density at radius 2 is 2.42 bits per heavy atom. The summed E-state index contributed by atoms with van der Waals surface area (Å²) < 4.78 is 0. The number of thioether (sulfide) groups is 1. The number of piperazine rings is 1. The predicted octanol–water partition coefficient (Wildman–Crippen LogP) is 0.786. The summed E-state index contributed by atoms with van der Waals surface area (Å²) in [6.07, 6.45) is 1.41. The third-order valence-electron chi connectivity index (χ3n) is 2.93. The largest absolute Gasteiger partial charge is 0.314 e. The van der Waals surface area contributed by atoms with Crippen molar-refractivity contribution in [1.82, 2.24) is 10.2 Å². The predicted molar refractivity (Wildman–Crippen MR) is 54.8 cm³/mol. The van der Waals surface area contributed by atoms with Crippen LogP contribution in [0.5, 0.6) is 0 Å². The first kappa shape index (κ1) is 8.85. The monoisotopic (exact) mass is 186 g/mol. The zero-order chi connectivity index (χ0) is 8.39. The van der Waals surface area contributed by atoms with Gasteiger partial charge in [-0.3, -0.25) is 4.90 Å². The fourth-order valence-corrected chi connectivity index (χ4v) is 3.42. The lowest BCUT2D eigenvalue weighted by atomic mass is 10.1. The highest BCUT2D eigenvalue weighted by molar-refractivity contribution is 7.99. The standard InChI is InChI=1S/C9H18N2S/c1-8-6-10-3-4-11(8)9-2-5-12-7-9/h8-10H,2-7H2,1H3. The maximum atomic E-state index is 3.44. The summed E-state index contributed by atoms with van der Waals surface area (Å²) in [6.45, 7) is 5.97.